The number of H-pyrrole nitrogens is 1. The van der Waals surface area contributed by atoms with Gasteiger partial charge in [0, 0.05) is 39.6 Å². The van der Waals surface area contributed by atoms with E-state index in [1.54, 1.807) is 6.07 Å². The number of benzene rings is 5. The fourth-order valence-corrected chi connectivity index (χ4v) is 4.66. The Morgan fingerprint density at radius 3 is 2.06 bits per heavy atom. The molecule has 1 aromatic heterocycles. The lowest BCUT2D eigenvalue weighted by atomic mass is 9.97. The van der Waals surface area contributed by atoms with Crippen molar-refractivity contribution in [3.8, 4) is 39.1 Å². The predicted molar refractivity (Wildman–Crippen MR) is 146 cm³/mol. The molecule has 0 radical (unpaired) electrons. The van der Waals surface area contributed by atoms with Crippen LogP contribution in [-0.2, 0) is 0 Å². The highest BCUT2D eigenvalue weighted by molar-refractivity contribution is 5.98. The minimum Gasteiger partial charge on any atom is -0.507 e. The van der Waals surface area contributed by atoms with Crippen molar-refractivity contribution in [1.82, 2.24) is 4.98 Å². The van der Waals surface area contributed by atoms with Gasteiger partial charge < -0.3 is 15.4 Å². The van der Waals surface area contributed by atoms with E-state index in [4.69, 9.17) is 0 Å². The minimum atomic E-state index is 0.282. The second-order valence-electron chi connectivity index (χ2n) is 8.60. The molecule has 0 spiro atoms. The van der Waals surface area contributed by atoms with Gasteiger partial charge in [-0.1, -0.05) is 84.9 Å². The number of nitrogens with one attached hydrogen (secondary N) is 2. The van der Waals surface area contributed by atoms with Gasteiger partial charge in [0.05, 0.1) is 5.52 Å². The van der Waals surface area contributed by atoms with Crippen LogP contribution in [0, 0.1) is 0 Å². The molecule has 3 N–H and O–H groups in total. The molecule has 0 saturated carbocycles. The van der Waals surface area contributed by atoms with Crippen LogP contribution in [-0.4, -0.2) is 10.1 Å². The van der Waals surface area contributed by atoms with E-state index in [0.717, 1.165) is 50.1 Å². The van der Waals surface area contributed by atoms with Crippen molar-refractivity contribution < 1.29 is 5.11 Å². The van der Waals surface area contributed by atoms with Crippen LogP contribution in [0.15, 0.2) is 128 Å². The van der Waals surface area contributed by atoms with Gasteiger partial charge in [-0.3, -0.25) is 0 Å². The van der Waals surface area contributed by atoms with Gasteiger partial charge in [-0.05, 0) is 53.1 Å². The highest BCUT2D eigenvalue weighted by atomic mass is 16.3. The molecule has 0 aliphatic carbocycles. The fraction of sp³-hybridized carbons (Fsp3) is 0. The van der Waals surface area contributed by atoms with Crippen molar-refractivity contribution in [2.75, 3.05) is 5.32 Å². The van der Waals surface area contributed by atoms with E-state index in [0.29, 0.717) is 0 Å². The second kappa shape index (κ2) is 8.88. The van der Waals surface area contributed by atoms with E-state index in [2.05, 4.69) is 83.1 Å². The molecule has 0 bridgehead atoms. The number of anilines is 2. The molecule has 0 fully saturated rings. The molecule has 0 atom stereocenters. The van der Waals surface area contributed by atoms with E-state index in [1.165, 1.54) is 5.56 Å². The van der Waals surface area contributed by atoms with Gasteiger partial charge in [0.15, 0.2) is 0 Å². The second-order valence-corrected chi connectivity index (χ2v) is 8.60. The molecule has 0 amide bonds. The highest BCUT2D eigenvalue weighted by Crippen LogP contribution is 2.37. The number of phenolic OH excluding ortho intramolecular Hbond substituents is 1. The molecule has 6 rings (SSSR count). The van der Waals surface area contributed by atoms with Gasteiger partial charge in [0.1, 0.15) is 5.75 Å². The Bertz CT molecular complexity index is 1630. The molecule has 0 saturated heterocycles. The van der Waals surface area contributed by atoms with Crippen molar-refractivity contribution in [2.24, 2.45) is 0 Å². The minimum absolute atomic E-state index is 0.282. The van der Waals surface area contributed by atoms with E-state index >= 15 is 0 Å². The molecule has 3 heteroatoms. The molecule has 0 aliphatic rings. The van der Waals surface area contributed by atoms with Crippen molar-refractivity contribution in [2.45, 2.75) is 0 Å². The maximum absolute atomic E-state index is 10.3. The Hall–Kier alpha value is -4.76. The third kappa shape index (κ3) is 4.04. The van der Waals surface area contributed by atoms with Gasteiger partial charge in [0.25, 0.3) is 0 Å². The van der Waals surface area contributed by atoms with Gasteiger partial charge in [-0.15, -0.1) is 0 Å². The molecule has 5 aromatic carbocycles. The summed E-state index contributed by atoms with van der Waals surface area (Å²) in [6, 6.07) is 41.0. The van der Waals surface area contributed by atoms with Crippen LogP contribution in [0.1, 0.15) is 0 Å². The Morgan fingerprint density at radius 2 is 1.23 bits per heavy atom. The van der Waals surface area contributed by atoms with Crippen LogP contribution < -0.4 is 5.32 Å². The number of rotatable bonds is 5. The van der Waals surface area contributed by atoms with Crippen LogP contribution in [0.4, 0.5) is 11.4 Å². The normalized spacial score (nSPS) is 11.0. The summed E-state index contributed by atoms with van der Waals surface area (Å²) in [5.74, 6) is 0.282. The highest BCUT2D eigenvalue weighted by Gasteiger charge is 2.11. The Morgan fingerprint density at radius 1 is 0.543 bits per heavy atom. The molecule has 168 valence electrons. The Kier molecular flexibility index (Phi) is 5.28. The lowest BCUT2D eigenvalue weighted by molar-refractivity contribution is 0.477. The lowest BCUT2D eigenvalue weighted by Gasteiger charge is -2.15. The summed E-state index contributed by atoms with van der Waals surface area (Å²) in [6.07, 6.45) is 1.99. The average Bonchev–Trinajstić information content (AvgIpc) is 3.38. The number of hydrogen-bond acceptors (Lipinski definition) is 2. The average molecular weight is 453 g/mol. The topological polar surface area (TPSA) is 48.0 Å². The molecule has 0 unspecified atom stereocenters. The van der Waals surface area contributed by atoms with Crippen LogP contribution >= 0.6 is 0 Å². The molecule has 3 nitrogen and oxygen atoms in total. The van der Waals surface area contributed by atoms with Gasteiger partial charge in [0.2, 0.25) is 0 Å². The molecular formula is C32H24N2O. The number of aromatic hydroxyl groups is 1. The standard InChI is InChI=1S/C32H24N2O/c35-31-16-7-5-14-28(31)24-12-8-11-23(19-24)27-13-4-6-15-30(27)34-26-20-25-17-18-33-32(25)29(21-26)22-9-2-1-3-10-22/h1-21,33-35H. The smallest absolute Gasteiger partial charge is 0.123 e. The first-order valence-electron chi connectivity index (χ1n) is 11.7. The summed E-state index contributed by atoms with van der Waals surface area (Å²) in [4.78, 5) is 3.39. The van der Waals surface area contributed by atoms with Gasteiger partial charge in [-0.25, -0.2) is 0 Å². The zero-order valence-corrected chi connectivity index (χ0v) is 19.1. The lowest BCUT2D eigenvalue weighted by Crippen LogP contribution is -1.94. The summed E-state index contributed by atoms with van der Waals surface area (Å²) >= 11 is 0. The summed E-state index contributed by atoms with van der Waals surface area (Å²) < 4.78 is 0. The van der Waals surface area contributed by atoms with E-state index in [1.807, 2.05) is 48.7 Å². The number of aromatic nitrogens is 1. The van der Waals surface area contributed by atoms with Crippen molar-refractivity contribution in [3.63, 3.8) is 0 Å². The van der Waals surface area contributed by atoms with E-state index in [-0.39, 0.29) is 5.75 Å². The van der Waals surface area contributed by atoms with Gasteiger partial charge in [-0.2, -0.15) is 0 Å². The molecule has 35 heavy (non-hydrogen) atoms. The zero-order chi connectivity index (χ0) is 23.6. The quantitative estimate of drug-likeness (QED) is 0.245. The largest absolute Gasteiger partial charge is 0.507 e. The summed E-state index contributed by atoms with van der Waals surface area (Å²) in [5, 5.41) is 15.2. The monoisotopic (exact) mass is 452 g/mol. The van der Waals surface area contributed by atoms with Crippen molar-refractivity contribution in [1.29, 1.82) is 0 Å². The predicted octanol–water partition coefficient (Wildman–Crippen LogP) is 8.62. The number of phenols is 1. The Balaban J connectivity index is 1.42. The van der Waals surface area contributed by atoms with Crippen LogP contribution in [0.2, 0.25) is 0 Å². The first-order valence-corrected chi connectivity index (χ1v) is 11.7. The number of fused-ring (bicyclic) bond motifs is 1. The van der Waals surface area contributed by atoms with E-state index in [9.17, 15) is 5.11 Å². The molecule has 1 heterocycles. The number of aromatic amines is 1. The fourth-order valence-electron chi connectivity index (χ4n) is 4.66. The molecule has 0 aliphatic heterocycles. The third-order valence-electron chi connectivity index (χ3n) is 6.34. The summed E-state index contributed by atoms with van der Waals surface area (Å²) in [5.41, 5.74) is 9.50. The van der Waals surface area contributed by atoms with Crippen molar-refractivity contribution >= 4 is 22.3 Å². The van der Waals surface area contributed by atoms with Crippen LogP contribution in [0.3, 0.4) is 0 Å². The number of hydrogen-bond donors (Lipinski definition) is 3. The number of para-hydroxylation sites is 2. The summed E-state index contributed by atoms with van der Waals surface area (Å²) in [6.45, 7) is 0. The Labute approximate surface area is 204 Å². The first-order chi connectivity index (χ1) is 17.3. The van der Waals surface area contributed by atoms with Crippen molar-refractivity contribution in [3.05, 3.63) is 128 Å². The maximum atomic E-state index is 10.3. The molecule has 6 aromatic rings. The first kappa shape index (κ1) is 20.8. The zero-order valence-electron chi connectivity index (χ0n) is 19.1. The SMILES string of the molecule is Oc1ccccc1-c1cccc(-c2ccccc2Nc2cc(-c3ccccc3)c3[nH]ccc3c2)c1. The maximum Gasteiger partial charge on any atom is 0.123 e. The van der Waals surface area contributed by atoms with Crippen LogP contribution in [0.25, 0.3) is 44.3 Å². The molecular weight excluding hydrogens is 428 g/mol. The van der Waals surface area contributed by atoms with E-state index < -0.39 is 0 Å². The van der Waals surface area contributed by atoms with Crippen LogP contribution in [0.5, 0.6) is 5.75 Å². The van der Waals surface area contributed by atoms with Gasteiger partial charge >= 0.3 is 0 Å². The third-order valence-corrected chi connectivity index (χ3v) is 6.34. The summed E-state index contributed by atoms with van der Waals surface area (Å²) in [7, 11) is 0.